The van der Waals surface area contributed by atoms with Crippen LogP contribution in [0, 0.1) is 5.21 Å². The quantitative estimate of drug-likeness (QED) is 0.301. The molecule has 0 radical (unpaired) electrons. The molecular weight excluding hydrogens is 92.1 g/mol. The topological polar surface area (TPSA) is 38.4 Å². The van der Waals surface area contributed by atoms with E-state index in [4.69, 9.17) is 0 Å². The van der Waals surface area contributed by atoms with E-state index in [2.05, 4.69) is 4.99 Å². The molecule has 0 aromatic carbocycles. The first-order chi connectivity index (χ1) is 3.39. The summed E-state index contributed by atoms with van der Waals surface area (Å²) in [6, 6.07) is 0. The van der Waals surface area contributed by atoms with Gasteiger partial charge in [0.2, 0.25) is 0 Å². The van der Waals surface area contributed by atoms with Gasteiger partial charge in [0.05, 0.1) is 12.8 Å². The summed E-state index contributed by atoms with van der Waals surface area (Å²) < 4.78 is 0.868. The molecule has 7 heavy (non-hydrogen) atoms. The predicted octanol–water partition coefficient (Wildman–Crippen LogP) is -0.348. The predicted molar refractivity (Wildman–Crippen MR) is 27.9 cm³/mol. The van der Waals surface area contributed by atoms with Gasteiger partial charge in [-0.25, -0.2) is 4.74 Å². The van der Waals surface area contributed by atoms with E-state index in [1.807, 2.05) is 0 Å². The van der Waals surface area contributed by atoms with Gasteiger partial charge in [-0.15, -0.1) is 0 Å². The van der Waals surface area contributed by atoms with Crippen molar-refractivity contribution in [1.29, 1.82) is 0 Å². The number of rotatable bonds is 0. The Morgan fingerprint density at radius 1 is 1.71 bits per heavy atom. The van der Waals surface area contributed by atoms with Crippen LogP contribution < -0.4 is 0 Å². The van der Waals surface area contributed by atoms with E-state index >= 15 is 0 Å². The molecule has 3 heteroatoms. The fraction of sp³-hybridized carbons (Fsp3) is 0.500. The number of nitrogens with zero attached hydrogens (tertiary/aromatic N) is 2. The highest BCUT2D eigenvalue weighted by Gasteiger charge is 1.92. The van der Waals surface area contributed by atoms with E-state index in [0.29, 0.717) is 13.1 Å². The molecule has 0 bridgehead atoms. The number of aliphatic imine (C=N–C) groups is 1. The molecule has 0 aromatic rings. The minimum absolute atomic E-state index is 0.510. The van der Waals surface area contributed by atoms with E-state index in [9.17, 15) is 5.21 Å². The van der Waals surface area contributed by atoms with Gasteiger partial charge >= 0.3 is 0 Å². The zero-order chi connectivity index (χ0) is 5.11. The van der Waals surface area contributed by atoms with Crippen molar-refractivity contribution in [3.63, 3.8) is 0 Å². The van der Waals surface area contributed by atoms with Gasteiger partial charge in [0, 0.05) is 0 Å². The summed E-state index contributed by atoms with van der Waals surface area (Å²) in [6.07, 6.45) is 2.94. The molecule has 1 aliphatic heterocycles. The van der Waals surface area contributed by atoms with Crippen LogP contribution in [0.4, 0.5) is 0 Å². The normalized spacial score (nSPS) is 19.1. The SMILES string of the molecule is [O-][N+]1=CC=NCC1. The first-order valence-electron chi connectivity index (χ1n) is 2.16. The summed E-state index contributed by atoms with van der Waals surface area (Å²) in [7, 11) is 0. The van der Waals surface area contributed by atoms with Crippen molar-refractivity contribution >= 4 is 12.4 Å². The molecule has 38 valence electrons. The molecule has 1 heterocycles. The molecule has 3 nitrogen and oxygen atoms in total. The maximum absolute atomic E-state index is 10.2. The third-order valence-electron chi connectivity index (χ3n) is 0.788. The van der Waals surface area contributed by atoms with Crippen molar-refractivity contribution in [3.05, 3.63) is 5.21 Å². The van der Waals surface area contributed by atoms with Crippen LogP contribution in [0.15, 0.2) is 4.99 Å². The summed E-state index contributed by atoms with van der Waals surface area (Å²) in [6.45, 7) is 1.15. The lowest BCUT2D eigenvalue weighted by Crippen LogP contribution is -2.14. The monoisotopic (exact) mass is 98.0 g/mol. The lowest BCUT2D eigenvalue weighted by atomic mass is 10.6. The summed E-state index contributed by atoms with van der Waals surface area (Å²) >= 11 is 0. The van der Waals surface area contributed by atoms with Gasteiger partial charge in [-0.2, -0.15) is 0 Å². The van der Waals surface area contributed by atoms with E-state index in [1.54, 1.807) is 0 Å². The second-order valence-electron chi connectivity index (χ2n) is 1.35. The Morgan fingerprint density at radius 2 is 2.57 bits per heavy atom. The van der Waals surface area contributed by atoms with Gasteiger partial charge in [0.15, 0.2) is 12.8 Å². The molecule has 0 unspecified atom stereocenters. The van der Waals surface area contributed by atoms with Gasteiger partial charge in [-0.1, -0.05) is 0 Å². The molecule has 0 saturated carbocycles. The number of hydrogen-bond acceptors (Lipinski definition) is 2. The third kappa shape index (κ3) is 0.994. The first-order valence-corrected chi connectivity index (χ1v) is 2.16. The Balaban J connectivity index is 2.57. The van der Waals surface area contributed by atoms with Crippen molar-refractivity contribution in [2.75, 3.05) is 13.1 Å². The first kappa shape index (κ1) is 4.30. The number of hydroxylamine groups is 1. The second-order valence-corrected chi connectivity index (χ2v) is 1.35. The van der Waals surface area contributed by atoms with Crippen LogP contribution in [-0.4, -0.2) is 30.3 Å². The Morgan fingerprint density at radius 3 is 2.86 bits per heavy atom. The Labute approximate surface area is 41.6 Å². The molecule has 0 fully saturated rings. The van der Waals surface area contributed by atoms with Crippen LogP contribution in [0.1, 0.15) is 0 Å². The average Bonchev–Trinajstić information content (AvgIpc) is 1.69. The summed E-state index contributed by atoms with van der Waals surface area (Å²) in [5.41, 5.74) is 0. The van der Waals surface area contributed by atoms with Crippen molar-refractivity contribution < 1.29 is 4.74 Å². The van der Waals surface area contributed by atoms with Gasteiger partial charge in [-0.05, 0) is 0 Å². The zero-order valence-electron chi connectivity index (χ0n) is 3.87. The van der Waals surface area contributed by atoms with E-state index in [1.165, 1.54) is 12.4 Å². The molecule has 0 aliphatic carbocycles. The lowest BCUT2D eigenvalue weighted by Gasteiger charge is -2.01. The minimum atomic E-state index is 0.510. The fourth-order valence-electron chi connectivity index (χ4n) is 0.427. The van der Waals surface area contributed by atoms with Crippen LogP contribution in [0.3, 0.4) is 0 Å². The highest BCUT2D eigenvalue weighted by atomic mass is 16.5. The van der Waals surface area contributed by atoms with Crippen molar-refractivity contribution in [2.45, 2.75) is 0 Å². The molecule has 1 aliphatic rings. The lowest BCUT2D eigenvalue weighted by molar-refractivity contribution is -0.449. The van der Waals surface area contributed by atoms with Crippen molar-refractivity contribution in [1.82, 2.24) is 0 Å². The van der Waals surface area contributed by atoms with Crippen molar-refractivity contribution in [2.24, 2.45) is 4.99 Å². The van der Waals surface area contributed by atoms with Gasteiger partial charge in [-0.3, -0.25) is 4.99 Å². The molecule has 0 saturated heterocycles. The summed E-state index contributed by atoms with van der Waals surface area (Å²) in [5, 5.41) is 10.2. The number of hydrogen-bond donors (Lipinski definition) is 0. The molecule has 0 spiro atoms. The summed E-state index contributed by atoms with van der Waals surface area (Å²) in [4.78, 5) is 3.81. The van der Waals surface area contributed by atoms with Crippen LogP contribution in [0.25, 0.3) is 0 Å². The summed E-state index contributed by atoms with van der Waals surface area (Å²) in [5.74, 6) is 0. The minimum Gasteiger partial charge on any atom is -0.624 e. The molecule has 0 aromatic heterocycles. The Hall–Kier alpha value is -0.860. The maximum Gasteiger partial charge on any atom is 0.192 e. The van der Waals surface area contributed by atoms with Crippen LogP contribution >= 0.6 is 0 Å². The maximum atomic E-state index is 10.2. The third-order valence-corrected chi connectivity index (χ3v) is 0.788. The average molecular weight is 98.1 g/mol. The molecule has 0 amide bonds. The molecular formula is C4H6N2O. The van der Waals surface area contributed by atoms with Crippen molar-refractivity contribution in [3.8, 4) is 0 Å². The molecule has 0 N–H and O–H groups in total. The standard InChI is InChI=1S/C4H6N2O/c7-6-3-1-5-2-4-6/h1,3H,2,4H2. The van der Waals surface area contributed by atoms with Crippen LogP contribution in [0.5, 0.6) is 0 Å². The zero-order valence-corrected chi connectivity index (χ0v) is 3.87. The largest absolute Gasteiger partial charge is 0.624 e. The fourth-order valence-corrected chi connectivity index (χ4v) is 0.427. The Kier molecular flexibility index (Phi) is 1.06. The second kappa shape index (κ2) is 1.73. The van der Waals surface area contributed by atoms with E-state index in [-0.39, 0.29) is 0 Å². The van der Waals surface area contributed by atoms with E-state index in [0.717, 1.165) is 4.74 Å². The molecule has 1 rings (SSSR count). The highest BCUT2D eigenvalue weighted by molar-refractivity contribution is 6.13. The molecule has 0 atom stereocenters. The van der Waals surface area contributed by atoms with E-state index < -0.39 is 0 Å². The smallest absolute Gasteiger partial charge is 0.192 e. The van der Waals surface area contributed by atoms with Crippen LogP contribution in [0.2, 0.25) is 0 Å². The van der Waals surface area contributed by atoms with Gasteiger partial charge in [0.25, 0.3) is 0 Å². The highest BCUT2D eigenvalue weighted by Crippen LogP contribution is 1.75. The van der Waals surface area contributed by atoms with Crippen LogP contribution in [-0.2, 0) is 0 Å². The Bertz CT molecular complexity index is 117. The van der Waals surface area contributed by atoms with Gasteiger partial charge in [0.1, 0.15) is 0 Å². The van der Waals surface area contributed by atoms with Gasteiger partial charge < -0.3 is 5.21 Å².